The summed E-state index contributed by atoms with van der Waals surface area (Å²) in [5, 5.41) is 5.23. The third-order valence-corrected chi connectivity index (χ3v) is 5.67. The van der Waals surface area contributed by atoms with Crippen molar-refractivity contribution in [3.05, 3.63) is 82.3 Å². The lowest BCUT2D eigenvalue weighted by atomic mass is 10.2. The van der Waals surface area contributed by atoms with Gasteiger partial charge in [-0.3, -0.25) is 9.69 Å². The number of rotatable bonds is 7. The summed E-state index contributed by atoms with van der Waals surface area (Å²) in [6.45, 7) is 4.34. The standard InChI is InChI=1S/C22H22N4O2S/c1-3-25(14-16-9-11-19(28-2)12-10-16)15-18-13-20(27)26-22(23-18)29-21(24-26)17-7-5-4-6-8-17/h4-13H,3,14-15H2,1-2H3. The van der Waals surface area contributed by atoms with Gasteiger partial charge in [-0.15, -0.1) is 0 Å². The molecule has 0 spiro atoms. The van der Waals surface area contributed by atoms with Crippen molar-refractivity contribution in [3.63, 3.8) is 0 Å². The number of hydrogen-bond acceptors (Lipinski definition) is 6. The normalized spacial score (nSPS) is 11.3. The van der Waals surface area contributed by atoms with E-state index in [-0.39, 0.29) is 5.56 Å². The van der Waals surface area contributed by atoms with Gasteiger partial charge in [-0.1, -0.05) is 60.7 Å². The van der Waals surface area contributed by atoms with E-state index in [4.69, 9.17) is 9.72 Å². The first-order chi connectivity index (χ1) is 14.2. The van der Waals surface area contributed by atoms with Crippen LogP contribution < -0.4 is 10.3 Å². The minimum absolute atomic E-state index is 0.149. The van der Waals surface area contributed by atoms with Gasteiger partial charge in [0.2, 0.25) is 4.96 Å². The van der Waals surface area contributed by atoms with Gasteiger partial charge in [0, 0.05) is 24.7 Å². The Kier molecular flexibility index (Phi) is 5.69. The monoisotopic (exact) mass is 406 g/mol. The molecular formula is C22H22N4O2S. The molecule has 4 aromatic rings. The summed E-state index contributed by atoms with van der Waals surface area (Å²) >= 11 is 1.43. The van der Waals surface area contributed by atoms with Crippen LogP contribution in [0.3, 0.4) is 0 Å². The van der Waals surface area contributed by atoms with E-state index in [0.29, 0.717) is 11.5 Å². The molecule has 29 heavy (non-hydrogen) atoms. The minimum Gasteiger partial charge on any atom is -0.497 e. The number of benzene rings is 2. The highest BCUT2D eigenvalue weighted by atomic mass is 32.1. The van der Waals surface area contributed by atoms with E-state index >= 15 is 0 Å². The summed E-state index contributed by atoms with van der Waals surface area (Å²) in [6.07, 6.45) is 0. The molecule has 2 aromatic heterocycles. The first-order valence-corrected chi connectivity index (χ1v) is 10.3. The van der Waals surface area contributed by atoms with Gasteiger partial charge in [0.25, 0.3) is 5.56 Å². The van der Waals surface area contributed by atoms with Crippen LogP contribution in [0.25, 0.3) is 15.5 Å². The zero-order valence-electron chi connectivity index (χ0n) is 16.4. The van der Waals surface area contributed by atoms with E-state index in [0.717, 1.165) is 35.1 Å². The zero-order chi connectivity index (χ0) is 20.2. The first-order valence-electron chi connectivity index (χ1n) is 9.47. The van der Waals surface area contributed by atoms with Crippen molar-refractivity contribution in [1.82, 2.24) is 19.5 Å². The fourth-order valence-electron chi connectivity index (χ4n) is 3.13. The predicted octanol–water partition coefficient (Wildman–Crippen LogP) is 3.85. The highest BCUT2D eigenvalue weighted by Crippen LogP contribution is 2.24. The highest BCUT2D eigenvalue weighted by molar-refractivity contribution is 7.19. The molecule has 2 aromatic carbocycles. The molecule has 2 heterocycles. The molecule has 0 bridgehead atoms. The summed E-state index contributed by atoms with van der Waals surface area (Å²) in [4.78, 5) is 20.1. The van der Waals surface area contributed by atoms with E-state index in [9.17, 15) is 4.79 Å². The molecule has 0 atom stereocenters. The molecular weight excluding hydrogens is 384 g/mol. The Bertz CT molecular complexity index is 1150. The summed E-state index contributed by atoms with van der Waals surface area (Å²) in [7, 11) is 1.66. The fraction of sp³-hybridized carbons (Fsp3) is 0.227. The molecule has 0 unspecified atom stereocenters. The third-order valence-electron chi connectivity index (χ3n) is 4.72. The van der Waals surface area contributed by atoms with Crippen molar-refractivity contribution in [1.29, 1.82) is 0 Å². The Labute approximate surface area is 173 Å². The molecule has 0 aliphatic carbocycles. The second-order valence-electron chi connectivity index (χ2n) is 6.70. The van der Waals surface area contributed by atoms with Crippen LogP contribution in [0.5, 0.6) is 5.75 Å². The Hall–Kier alpha value is -3.03. The SMILES string of the molecule is CCN(Cc1ccc(OC)cc1)Cc1cc(=O)n2nc(-c3ccccc3)sc2n1. The molecule has 4 rings (SSSR count). The lowest BCUT2D eigenvalue weighted by molar-refractivity contribution is 0.268. The molecule has 0 aliphatic rings. The van der Waals surface area contributed by atoms with Crippen LogP contribution in [0.4, 0.5) is 0 Å². The van der Waals surface area contributed by atoms with Crippen molar-refractivity contribution in [3.8, 4) is 16.3 Å². The van der Waals surface area contributed by atoms with Crippen LogP contribution in [0.1, 0.15) is 18.2 Å². The van der Waals surface area contributed by atoms with Crippen LogP contribution >= 0.6 is 11.3 Å². The second-order valence-corrected chi connectivity index (χ2v) is 7.66. The van der Waals surface area contributed by atoms with Gasteiger partial charge < -0.3 is 4.74 Å². The number of ether oxygens (including phenoxy) is 1. The van der Waals surface area contributed by atoms with Gasteiger partial charge in [0.05, 0.1) is 12.8 Å². The third kappa shape index (κ3) is 4.36. The lowest BCUT2D eigenvalue weighted by Gasteiger charge is -2.20. The summed E-state index contributed by atoms with van der Waals surface area (Å²) in [5.74, 6) is 0.844. The molecule has 0 amide bonds. The average Bonchev–Trinajstić information content (AvgIpc) is 3.19. The maximum absolute atomic E-state index is 12.6. The van der Waals surface area contributed by atoms with E-state index < -0.39 is 0 Å². The van der Waals surface area contributed by atoms with Gasteiger partial charge in [0.15, 0.2) is 0 Å². The smallest absolute Gasteiger partial charge is 0.275 e. The van der Waals surface area contributed by atoms with Gasteiger partial charge >= 0.3 is 0 Å². The maximum Gasteiger partial charge on any atom is 0.275 e. The Balaban J connectivity index is 1.57. The first kappa shape index (κ1) is 19.3. The predicted molar refractivity (Wildman–Crippen MR) is 115 cm³/mol. The number of methoxy groups -OCH3 is 1. The van der Waals surface area contributed by atoms with E-state index in [2.05, 4.69) is 29.1 Å². The molecule has 148 valence electrons. The molecule has 0 radical (unpaired) electrons. The van der Waals surface area contributed by atoms with Crippen LogP contribution in [-0.4, -0.2) is 33.2 Å². The van der Waals surface area contributed by atoms with Gasteiger partial charge in [0.1, 0.15) is 10.8 Å². The van der Waals surface area contributed by atoms with Crippen molar-refractivity contribution in [2.45, 2.75) is 20.0 Å². The molecule has 0 aliphatic heterocycles. The number of nitrogens with zero attached hydrogens (tertiary/aromatic N) is 4. The van der Waals surface area contributed by atoms with Crippen LogP contribution in [0, 0.1) is 0 Å². The van der Waals surface area contributed by atoms with Crippen LogP contribution in [0.15, 0.2) is 65.5 Å². The van der Waals surface area contributed by atoms with E-state index in [1.54, 1.807) is 13.2 Å². The van der Waals surface area contributed by atoms with Crippen molar-refractivity contribution in [2.24, 2.45) is 0 Å². The summed E-state index contributed by atoms with van der Waals surface area (Å²) in [6, 6.07) is 19.5. The topological polar surface area (TPSA) is 59.7 Å². The molecule has 0 fully saturated rings. The summed E-state index contributed by atoms with van der Waals surface area (Å²) in [5.41, 5.74) is 2.78. The minimum atomic E-state index is -0.149. The van der Waals surface area contributed by atoms with E-state index in [1.807, 2.05) is 42.5 Å². The fourth-order valence-corrected chi connectivity index (χ4v) is 4.06. The molecule has 6 nitrogen and oxygen atoms in total. The van der Waals surface area contributed by atoms with Crippen LogP contribution in [-0.2, 0) is 13.1 Å². The quantitative estimate of drug-likeness (QED) is 0.467. The zero-order valence-corrected chi connectivity index (χ0v) is 17.2. The Morgan fingerprint density at radius 3 is 2.52 bits per heavy atom. The Morgan fingerprint density at radius 2 is 1.83 bits per heavy atom. The maximum atomic E-state index is 12.6. The van der Waals surface area contributed by atoms with E-state index in [1.165, 1.54) is 21.4 Å². The van der Waals surface area contributed by atoms with Crippen molar-refractivity contribution >= 4 is 16.3 Å². The van der Waals surface area contributed by atoms with Gasteiger partial charge in [-0.2, -0.15) is 9.61 Å². The molecule has 0 saturated carbocycles. The van der Waals surface area contributed by atoms with Crippen LogP contribution in [0.2, 0.25) is 0 Å². The van der Waals surface area contributed by atoms with Gasteiger partial charge in [-0.05, 0) is 24.2 Å². The number of hydrogen-bond donors (Lipinski definition) is 0. The second kappa shape index (κ2) is 8.55. The number of aromatic nitrogens is 3. The lowest BCUT2D eigenvalue weighted by Crippen LogP contribution is -2.25. The largest absolute Gasteiger partial charge is 0.497 e. The summed E-state index contributed by atoms with van der Waals surface area (Å²) < 4.78 is 6.60. The van der Waals surface area contributed by atoms with Crippen molar-refractivity contribution in [2.75, 3.05) is 13.7 Å². The van der Waals surface area contributed by atoms with Gasteiger partial charge in [-0.25, -0.2) is 4.98 Å². The molecule has 0 N–H and O–H groups in total. The molecule has 0 saturated heterocycles. The number of fused-ring (bicyclic) bond motifs is 1. The Morgan fingerprint density at radius 1 is 1.07 bits per heavy atom. The average molecular weight is 407 g/mol. The van der Waals surface area contributed by atoms with Crippen molar-refractivity contribution < 1.29 is 4.74 Å². The highest BCUT2D eigenvalue weighted by Gasteiger charge is 2.13. The molecule has 7 heteroatoms.